The fraction of sp³-hybridized carbons (Fsp3) is 0.857. The molecule has 2 saturated carbocycles. The van der Waals surface area contributed by atoms with Crippen LogP contribution in [0, 0.1) is 17.8 Å². The van der Waals surface area contributed by atoms with Gasteiger partial charge in [0.2, 0.25) is 0 Å². The van der Waals surface area contributed by atoms with Gasteiger partial charge < -0.3 is 10.4 Å². The van der Waals surface area contributed by atoms with Crippen molar-refractivity contribution < 1.29 is 9.90 Å². The Kier molecular flexibility index (Phi) is 3.17. The summed E-state index contributed by atoms with van der Waals surface area (Å²) >= 11 is 1.57. The van der Waals surface area contributed by atoms with Crippen molar-refractivity contribution in [2.24, 2.45) is 22.7 Å². The summed E-state index contributed by atoms with van der Waals surface area (Å²) < 4.78 is -0.417. The molecule has 0 spiro atoms. The van der Waals surface area contributed by atoms with Gasteiger partial charge in [0.15, 0.2) is 5.17 Å². The van der Waals surface area contributed by atoms with E-state index in [0.717, 1.165) is 24.4 Å². The summed E-state index contributed by atoms with van der Waals surface area (Å²) in [5.41, 5.74) is 0. The van der Waals surface area contributed by atoms with Gasteiger partial charge in [0.1, 0.15) is 4.75 Å². The third-order valence-electron chi connectivity index (χ3n) is 5.17. The lowest BCUT2D eigenvalue weighted by molar-refractivity contribution is -0.120. The molecular weight excluding hydrogens is 260 g/mol. The Morgan fingerprint density at radius 1 is 1.37 bits per heavy atom. The van der Waals surface area contributed by atoms with Crippen LogP contribution in [0.25, 0.3) is 0 Å². The molecule has 1 heterocycles. The summed E-state index contributed by atoms with van der Waals surface area (Å²) in [4.78, 5) is 16.2. The van der Waals surface area contributed by atoms with E-state index in [2.05, 4.69) is 24.2 Å². The molecule has 3 aliphatic rings. The molecule has 5 atom stereocenters. The normalized spacial score (nSPS) is 45.1. The highest BCUT2D eigenvalue weighted by atomic mass is 32.2. The van der Waals surface area contributed by atoms with Crippen molar-refractivity contribution in [3.05, 3.63) is 0 Å². The van der Waals surface area contributed by atoms with Crippen LogP contribution in [-0.4, -0.2) is 33.1 Å². The van der Waals surface area contributed by atoms with Crippen LogP contribution in [-0.2, 0) is 4.79 Å². The molecule has 0 aromatic heterocycles. The standard InChI is InChI=1S/C14H22N2O2S/c1-7(2)14(3)12(18)16-13(19-14)15-10-5-9-4-8(10)6-11(9)17/h7-11,17H,4-6H2,1-3H3,(H,15,16,18)/t8?,9-,10+,11-,14?/m1/s1. The van der Waals surface area contributed by atoms with Crippen LogP contribution >= 0.6 is 11.8 Å². The number of amides is 1. The average Bonchev–Trinajstić information content (AvgIpc) is 2.94. The van der Waals surface area contributed by atoms with Crippen LogP contribution < -0.4 is 5.32 Å². The molecule has 2 fully saturated rings. The molecule has 2 N–H and O–H groups in total. The van der Waals surface area contributed by atoms with E-state index in [0.29, 0.717) is 17.9 Å². The molecule has 0 radical (unpaired) electrons. The maximum absolute atomic E-state index is 12.0. The molecule has 4 nitrogen and oxygen atoms in total. The molecular formula is C14H22N2O2S. The van der Waals surface area contributed by atoms with Gasteiger partial charge in [0.05, 0.1) is 6.10 Å². The Morgan fingerprint density at radius 3 is 2.58 bits per heavy atom. The van der Waals surface area contributed by atoms with Crippen molar-refractivity contribution in [2.75, 3.05) is 0 Å². The molecule has 2 bridgehead atoms. The lowest BCUT2D eigenvalue weighted by atomic mass is 9.93. The lowest BCUT2D eigenvalue weighted by Gasteiger charge is -2.28. The second-order valence-electron chi connectivity index (χ2n) is 6.63. The topological polar surface area (TPSA) is 61.7 Å². The number of hydrogen-bond acceptors (Lipinski definition) is 4. The summed E-state index contributed by atoms with van der Waals surface area (Å²) in [6.07, 6.45) is 2.92. The second kappa shape index (κ2) is 4.48. The minimum Gasteiger partial charge on any atom is -0.393 e. The molecule has 106 valence electrons. The smallest absolute Gasteiger partial charge is 0.264 e. The van der Waals surface area contributed by atoms with Gasteiger partial charge in [-0.25, -0.2) is 0 Å². The second-order valence-corrected chi connectivity index (χ2v) is 8.07. The van der Waals surface area contributed by atoms with Crippen LogP contribution in [0.4, 0.5) is 0 Å². The van der Waals surface area contributed by atoms with Gasteiger partial charge in [0.25, 0.3) is 5.91 Å². The molecule has 0 saturated heterocycles. The van der Waals surface area contributed by atoms with Crippen LogP contribution in [0.5, 0.6) is 0 Å². The number of fused-ring (bicyclic) bond motifs is 2. The van der Waals surface area contributed by atoms with Gasteiger partial charge in [-0.1, -0.05) is 25.6 Å². The van der Waals surface area contributed by atoms with Crippen molar-refractivity contribution in [3.8, 4) is 0 Å². The van der Waals surface area contributed by atoms with Gasteiger partial charge >= 0.3 is 0 Å². The van der Waals surface area contributed by atoms with Crippen LogP contribution in [0.3, 0.4) is 0 Å². The first-order chi connectivity index (χ1) is 8.90. The Labute approximate surface area is 118 Å². The predicted molar refractivity (Wildman–Crippen MR) is 77.0 cm³/mol. The van der Waals surface area contributed by atoms with Gasteiger partial charge in [-0.15, -0.1) is 0 Å². The molecule has 2 aliphatic carbocycles. The number of amidine groups is 1. The Hall–Kier alpha value is -0.550. The van der Waals surface area contributed by atoms with Crippen molar-refractivity contribution >= 4 is 22.8 Å². The maximum Gasteiger partial charge on any atom is 0.264 e. The number of hydrogen-bond donors (Lipinski definition) is 2. The van der Waals surface area contributed by atoms with E-state index >= 15 is 0 Å². The number of aliphatic hydroxyl groups is 1. The van der Waals surface area contributed by atoms with E-state index in [1.54, 1.807) is 11.8 Å². The van der Waals surface area contributed by atoms with Gasteiger partial charge in [0, 0.05) is 6.04 Å². The summed E-state index contributed by atoms with van der Waals surface area (Å²) in [5.74, 6) is 1.25. The Bertz CT molecular complexity index is 435. The van der Waals surface area contributed by atoms with Crippen LogP contribution in [0.15, 0.2) is 4.99 Å². The molecule has 1 amide bonds. The summed E-state index contributed by atoms with van der Waals surface area (Å²) in [5, 5.41) is 14.0. The van der Waals surface area contributed by atoms with Crippen LogP contribution in [0.2, 0.25) is 0 Å². The number of thioether (sulfide) groups is 1. The van der Waals surface area contributed by atoms with E-state index in [9.17, 15) is 9.90 Å². The monoisotopic (exact) mass is 282 g/mol. The quantitative estimate of drug-likeness (QED) is 0.810. The molecule has 1 aliphatic heterocycles. The first-order valence-corrected chi connectivity index (χ1v) is 7.98. The lowest BCUT2D eigenvalue weighted by Crippen LogP contribution is -2.40. The number of carbonyl (C=O) groups excluding carboxylic acids is 1. The fourth-order valence-corrected chi connectivity index (χ4v) is 4.59. The van der Waals surface area contributed by atoms with E-state index in [4.69, 9.17) is 0 Å². The van der Waals surface area contributed by atoms with Gasteiger partial charge in [-0.05, 0) is 43.9 Å². The largest absolute Gasteiger partial charge is 0.393 e. The molecule has 19 heavy (non-hydrogen) atoms. The first kappa shape index (κ1) is 13.4. The molecule has 3 rings (SSSR count). The number of rotatable bonds is 2. The highest BCUT2D eigenvalue weighted by molar-refractivity contribution is 8.16. The molecule has 0 aromatic rings. The number of carbonyl (C=O) groups is 1. The van der Waals surface area contributed by atoms with E-state index in [1.165, 1.54) is 0 Å². The fourth-order valence-electron chi connectivity index (χ4n) is 3.48. The minimum absolute atomic E-state index is 0.0156. The summed E-state index contributed by atoms with van der Waals surface area (Å²) in [7, 11) is 0. The zero-order chi connectivity index (χ0) is 13.8. The first-order valence-electron chi connectivity index (χ1n) is 7.17. The maximum atomic E-state index is 12.0. The number of nitrogens with zero attached hydrogens (tertiary/aromatic N) is 1. The van der Waals surface area contributed by atoms with E-state index in [1.807, 2.05) is 6.92 Å². The third-order valence-corrected chi connectivity index (χ3v) is 6.64. The Balaban J connectivity index is 1.64. The molecule has 0 aromatic carbocycles. The number of aliphatic hydroxyl groups excluding tert-OH is 1. The SMILES string of the molecule is CC(C)C1(C)SC(N[C@H]2C[C@H]3CC2C[C@H]3O)=NC1=O. The molecule has 2 unspecified atom stereocenters. The zero-order valence-corrected chi connectivity index (χ0v) is 12.5. The average molecular weight is 282 g/mol. The highest BCUT2D eigenvalue weighted by Gasteiger charge is 2.48. The predicted octanol–water partition coefficient (Wildman–Crippen LogP) is 1.78. The third kappa shape index (κ3) is 2.11. The van der Waals surface area contributed by atoms with Crippen LogP contribution in [0.1, 0.15) is 40.0 Å². The van der Waals surface area contributed by atoms with Gasteiger partial charge in [-0.3, -0.25) is 4.79 Å². The van der Waals surface area contributed by atoms with E-state index < -0.39 is 4.75 Å². The van der Waals surface area contributed by atoms with Crippen molar-refractivity contribution in [1.82, 2.24) is 5.32 Å². The van der Waals surface area contributed by atoms with E-state index in [-0.39, 0.29) is 17.9 Å². The minimum atomic E-state index is -0.417. The Morgan fingerprint density at radius 2 is 2.11 bits per heavy atom. The number of aliphatic imine (C=N–C) groups is 1. The van der Waals surface area contributed by atoms with Crippen molar-refractivity contribution in [3.63, 3.8) is 0 Å². The molecule has 5 heteroatoms. The highest BCUT2D eigenvalue weighted by Crippen LogP contribution is 2.46. The van der Waals surface area contributed by atoms with Gasteiger partial charge in [-0.2, -0.15) is 4.99 Å². The zero-order valence-electron chi connectivity index (χ0n) is 11.7. The summed E-state index contributed by atoms with van der Waals surface area (Å²) in [6.45, 7) is 6.11. The summed E-state index contributed by atoms with van der Waals surface area (Å²) in [6, 6.07) is 0.391. The van der Waals surface area contributed by atoms with Crippen molar-refractivity contribution in [1.29, 1.82) is 0 Å². The number of nitrogens with one attached hydrogen (secondary N) is 1. The van der Waals surface area contributed by atoms with Crippen molar-refractivity contribution in [2.45, 2.75) is 56.9 Å².